The lowest BCUT2D eigenvalue weighted by atomic mass is 9.75. The van der Waals surface area contributed by atoms with Crippen LogP contribution < -0.4 is 0 Å². The summed E-state index contributed by atoms with van der Waals surface area (Å²) in [4.78, 5) is 0. The molecule has 0 aromatic carbocycles. The van der Waals surface area contributed by atoms with Crippen molar-refractivity contribution in [2.45, 2.75) is 23.8 Å². The Bertz CT molecular complexity index is 193. The average Bonchev–Trinajstić information content (AvgIpc) is 2.16. The van der Waals surface area contributed by atoms with Gasteiger partial charge < -0.3 is 6.13 Å². The van der Waals surface area contributed by atoms with Crippen LogP contribution in [-0.2, 0) is 6.13 Å². The van der Waals surface area contributed by atoms with Crippen molar-refractivity contribution in [1.29, 1.82) is 0 Å². The zero-order chi connectivity index (χ0) is 9.84. The van der Waals surface area contributed by atoms with Crippen LogP contribution in [0.2, 0.25) is 5.82 Å². The van der Waals surface area contributed by atoms with Gasteiger partial charge >= 0.3 is 0 Å². The Kier molecular flexibility index (Phi) is 6.00. The summed E-state index contributed by atoms with van der Waals surface area (Å²) in [6.45, 7) is 0. The third-order valence-electron chi connectivity index (χ3n) is 2.05. The maximum Gasteiger partial charge on any atom is 0.121 e. The fourth-order valence-corrected chi connectivity index (χ4v) is 2.51. The van der Waals surface area contributed by atoms with Crippen LogP contribution in [0.15, 0.2) is 12.2 Å². The van der Waals surface area contributed by atoms with Crippen LogP contribution in [0.3, 0.4) is 0 Å². The predicted octanol–water partition coefficient (Wildman–Crippen LogP) is 2.88. The molecule has 0 saturated heterocycles. The van der Waals surface area contributed by atoms with Gasteiger partial charge in [-0.25, -0.2) is 0 Å². The smallest absolute Gasteiger partial charge is 0.121 e. The molecule has 2 radical (unpaired) electrons. The molecule has 4 atom stereocenters. The summed E-state index contributed by atoms with van der Waals surface area (Å²) in [5.74, 6) is 0.266. The number of allylic oxidation sites excluding steroid dienone is 1. The minimum atomic E-state index is -0.135. The normalized spacial score (nSPS) is 36.1. The summed E-state index contributed by atoms with van der Waals surface area (Å²) in [5, 5.41) is 0. The fourth-order valence-electron chi connectivity index (χ4n) is 1.33. The van der Waals surface area contributed by atoms with E-state index in [2.05, 4.69) is 12.6 Å². The lowest BCUT2D eigenvalue weighted by Crippen LogP contribution is -2.31. The van der Waals surface area contributed by atoms with E-state index in [1.165, 1.54) is 0 Å². The highest BCUT2D eigenvalue weighted by atomic mass is 127. The Morgan fingerprint density at radius 3 is 2.69 bits per heavy atom. The molecule has 0 N–H and O–H groups in total. The molecule has 72 valence electrons. The van der Waals surface area contributed by atoms with E-state index in [1.807, 2.05) is 58.2 Å². The Balaban J connectivity index is 2.65. The largest absolute Gasteiger partial charge is 0.312 e. The molecule has 13 heavy (non-hydrogen) atoms. The SMILES string of the molecule is [B]C1C=CC(C(S)OI)C(OI)C1. The second-order valence-electron chi connectivity index (χ2n) is 2.97. The molecule has 0 saturated carbocycles. The van der Waals surface area contributed by atoms with Crippen LogP contribution in [-0.4, -0.2) is 19.4 Å². The number of rotatable bonds is 3. The lowest BCUT2D eigenvalue weighted by Gasteiger charge is -2.30. The van der Waals surface area contributed by atoms with Gasteiger partial charge in [0, 0.05) is 5.92 Å². The van der Waals surface area contributed by atoms with Crippen molar-refractivity contribution in [2.75, 3.05) is 0 Å². The first-order chi connectivity index (χ1) is 6.19. The number of thiol groups is 1. The lowest BCUT2D eigenvalue weighted by molar-refractivity contribution is 0.155. The van der Waals surface area contributed by atoms with Crippen molar-refractivity contribution in [3.63, 3.8) is 0 Å². The van der Waals surface area contributed by atoms with Crippen molar-refractivity contribution < 1.29 is 6.13 Å². The first-order valence-corrected chi connectivity index (χ1v) is 6.13. The van der Waals surface area contributed by atoms with Crippen LogP contribution in [0.25, 0.3) is 0 Å². The molecule has 4 unspecified atom stereocenters. The molecule has 0 bridgehead atoms. The van der Waals surface area contributed by atoms with E-state index in [-0.39, 0.29) is 23.3 Å². The van der Waals surface area contributed by atoms with Gasteiger partial charge in [0.25, 0.3) is 0 Å². The zero-order valence-electron chi connectivity index (χ0n) is 6.77. The second-order valence-corrected chi connectivity index (χ2v) is 4.50. The van der Waals surface area contributed by atoms with Crippen LogP contribution >= 0.6 is 58.6 Å². The molecule has 1 aliphatic carbocycles. The Morgan fingerprint density at radius 2 is 2.15 bits per heavy atom. The number of hydrogen-bond acceptors (Lipinski definition) is 3. The maximum atomic E-state index is 5.77. The summed E-state index contributed by atoms with van der Waals surface area (Å²) in [5.41, 5.74) is -0.135. The molecule has 0 aromatic heterocycles. The third kappa shape index (κ3) is 3.55. The zero-order valence-corrected chi connectivity index (χ0v) is 12.0. The van der Waals surface area contributed by atoms with Gasteiger partial charge in [0.1, 0.15) is 51.4 Å². The van der Waals surface area contributed by atoms with E-state index in [9.17, 15) is 0 Å². The molecule has 1 aliphatic rings. The van der Waals surface area contributed by atoms with Gasteiger partial charge in [0.2, 0.25) is 0 Å². The number of hydrogen-bond donors (Lipinski definition) is 1. The van der Waals surface area contributed by atoms with Gasteiger partial charge in [-0.05, 0) is 6.42 Å². The van der Waals surface area contributed by atoms with Crippen molar-refractivity contribution in [1.82, 2.24) is 0 Å². The fraction of sp³-hybridized carbons (Fsp3) is 0.714. The summed E-state index contributed by atoms with van der Waals surface area (Å²) in [7, 11) is 5.77. The molecule has 0 amide bonds. The highest BCUT2D eigenvalue weighted by Gasteiger charge is 2.30. The van der Waals surface area contributed by atoms with E-state index < -0.39 is 0 Å². The highest BCUT2D eigenvalue weighted by molar-refractivity contribution is 14.1. The second kappa shape index (κ2) is 6.19. The van der Waals surface area contributed by atoms with Gasteiger partial charge in [0.15, 0.2) is 0 Å². The standard InChI is InChI=1S/C7H9BI2O2S/c8-4-1-2-5(7(13)12-10)6(3-4)11-9/h1-2,4-7,13H,3H2. The van der Waals surface area contributed by atoms with Crippen molar-refractivity contribution in [2.24, 2.45) is 5.92 Å². The van der Waals surface area contributed by atoms with Crippen LogP contribution in [0.5, 0.6) is 0 Å². The summed E-state index contributed by atoms with van der Waals surface area (Å²) in [6, 6.07) is 0. The monoisotopic (exact) mass is 422 g/mol. The molecule has 1 rings (SSSR count). The molecular formula is C7H9BI2O2S. The van der Waals surface area contributed by atoms with Crippen molar-refractivity contribution >= 4 is 66.5 Å². The van der Waals surface area contributed by atoms with E-state index in [0.29, 0.717) is 0 Å². The topological polar surface area (TPSA) is 18.5 Å². The van der Waals surface area contributed by atoms with E-state index in [1.54, 1.807) is 0 Å². The summed E-state index contributed by atoms with van der Waals surface area (Å²) in [6.07, 6.45) is 4.92. The van der Waals surface area contributed by atoms with Gasteiger partial charge in [-0.3, -0.25) is 0 Å². The minimum Gasteiger partial charge on any atom is -0.312 e. The molecule has 0 aliphatic heterocycles. The van der Waals surface area contributed by atoms with E-state index in [0.717, 1.165) is 6.42 Å². The molecule has 0 heterocycles. The first-order valence-electron chi connectivity index (χ1n) is 3.85. The van der Waals surface area contributed by atoms with Gasteiger partial charge in [-0.2, -0.15) is 0 Å². The Morgan fingerprint density at radius 1 is 1.46 bits per heavy atom. The quantitative estimate of drug-likeness (QED) is 0.248. The highest BCUT2D eigenvalue weighted by Crippen LogP contribution is 2.33. The van der Waals surface area contributed by atoms with Gasteiger partial charge in [0.05, 0.1) is 14.0 Å². The van der Waals surface area contributed by atoms with Crippen LogP contribution in [0, 0.1) is 5.92 Å². The molecule has 0 aromatic rings. The third-order valence-corrected chi connectivity index (χ3v) is 4.10. The maximum absolute atomic E-state index is 5.77. The average molecular weight is 422 g/mol. The summed E-state index contributed by atoms with van der Waals surface area (Å²) >= 11 is 8.06. The number of halogens is 2. The Hall–Kier alpha value is 1.53. The van der Waals surface area contributed by atoms with Crippen LogP contribution in [0.1, 0.15) is 6.42 Å². The predicted molar refractivity (Wildman–Crippen MR) is 73.5 cm³/mol. The Labute approximate surface area is 113 Å². The molecular weight excluding hydrogens is 413 g/mol. The molecule has 0 spiro atoms. The molecule has 0 fully saturated rings. The molecule has 6 heteroatoms. The minimum absolute atomic E-state index is 0.0887. The first kappa shape index (κ1) is 12.6. The van der Waals surface area contributed by atoms with E-state index in [4.69, 9.17) is 14.0 Å². The van der Waals surface area contributed by atoms with Gasteiger partial charge in [-0.1, -0.05) is 18.0 Å². The molecule has 2 nitrogen and oxygen atoms in total. The van der Waals surface area contributed by atoms with Crippen LogP contribution in [0.4, 0.5) is 0 Å². The van der Waals surface area contributed by atoms with Gasteiger partial charge in [-0.15, -0.1) is 12.6 Å². The van der Waals surface area contributed by atoms with Crippen molar-refractivity contribution in [3.05, 3.63) is 12.2 Å². The summed E-state index contributed by atoms with van der Waals surface area (Å²) < 4.78 is 10.4. The van der Waals surface area contributed by atoms with E-state index >= 15 is 0 Å². The van der Waals surface area contributed by atoms with Crippen molar-refractivity contribution in [3.8, 4) is 0 Å².